The monoisotopic (exact) mass is 863 g/mol. The summed E-state index contributed by atoms with van der Waals surface area (Å²) >= 11 is 0. The highest BCUT2D eigenvalue weighted by Gasteiger charge is 2.46. The SMILES string of the molecule is CCCCC/C=C\CCCCCCCC(=O)OC(COC(=O)CCCCCCCCCCCCCCCCCCCCC)COC1OC(CS(=O)(=O)O)C(O)C(O)C1O. The zero-order valence-electron chi connectivity index (χ0n) is 37.1. The van der Waals surface area contributed by atoms with Crippen molar-refractivity contribution in [1.82, 2.24) is 0 Å². The molecule has 0 radical (unpaired) electrons. The molecule has 1 aliphatic rings. The number of carbonyl (C=O) groups is 2. The summed E-state index contributed by atoms with van der Waals surface area (Å²) in [7, 11) is -4.60. The number of aliphatic hydroxyl groups excluding tert-OH is 3. The molecule has 0 saturated carbocycles. The average Bonchev–Trinajstić information content (AvgIpc) is 3.20. The van der Waals surface area contributed by atoms with Gasteiger partial charge in [-0.25, -0.2) is 0 Å². The summed E-state index contributed by atoms with van der Waals surface area (Å²) in [5.74, 6) is -1.98. The van der Waals surface area contributed by atoms with E-state index in [1.165, 1.54) is 116 Å². The first-order valence-corrected chi connectivity index (χ1v) is 25.4. The van der Waals surface area contributed by atoms with Crippen molar-refractivity contribution in [3.05, 3.63) is 12.2 Å². The Morgan fingerprint density at radius 1 is 0.559 bits per heavy atom. The second kappa shape index (κ2) is 37.0. The van der Waals surface area contributed by atoms with Gasteiger partial charge in [0, 0.05) is 12.8 Å². The molecule has 6 atom stereocenters. The second-order valence-corrected chi connectivity index (χ2v) is 18.3. The van der Waals surface area contributed by atoms with E-state index in [0.717, 1.165) is 57.8 Å². The second-order valence-electron chi connectivity index (χ2n) is 16.8. The highest BCUT2D eigenvalue weighted by Crippen LogP contribution is 2.24. The summed E-state index contributed by atoms with van der Waals surface area (Å²) in [6.07, 6.45) is 29.8. The van der Waals surface area contributed by atoms with Gasteiger partial charge in [-0.2, -0.15) is 8.42 Å². The smallest absolute Gasteiger partial charge is 0.306 e. The number of rotatable bonds is 40. The van der Waals surface area contributed by atoms with E-state index in [2.05, 4.69) is 26.0 Å². The average molecular weight is 863 g/mol. The fraction of sp³-hybridized carbons (Fsp3) is 0.913. The molecule has 6 unspecified atom stereocenters. The summed E-state index contributed by atoms with van der Waals surface area (Å²) < 4.78 is 54.1. The lowest BCUT2D eigenvalue weighted by Crippen LogP contribution is -2.60. The number of esters is 2. The Morgan fingerprint density at radius 2 is 0.966 bits per heavy atom. The Kier molecular flexibility index (Phi) is 34.7. The van der Waals surface area contributed by atoms with E-state index in [9.17, 15) is 37.9 Å². The van der Waals surface area contributed by atoms with Gasteiger partial charge in [-0.15, -0.1) is 0 Å². The van der Waals surface area contributed by atoms with Crippen LogP contribution in [-0.4, -0.2) is 96.0 Å². The standard InChI is InChI=1S/C46H86O12S/c1-3-5-7-9-11-13-15-17-18-19-20-21-22-23-25-26-28-30-32-34-41(47)55-36-39(37-56-46-45(51)44(50)43(49)40(58-46)38-59(52,53)54)57-42(48)35-33-31-29-27-24-16-14-12-10-8-6-4-2/h12,14,39-40,43-46,49-51H,3-11,13,15-38H2,1-2H3,(H,52,53,54)/b14-12-. The highest BCUT2D eigenvalue weighted by atomic mass is 32.2. The molecule has 0 aliphatic carbocycles. The molecule has 348 valence electrons. The Hall–Kier alpha value is -1.61. The molecule has 59 heavy (non-hydrogen) atoms. The molecular formula is C46H86O12S. The number of carbonyl (C=O) groups excluding carboxylic acids is 2. The third-order valence-electron chi connectivity index (χ3n) is 11.1. The molecule has 0 aromatic carbocycles. The molecule has 13 heteroatoms. The molecule has 1 saturated heterocycles. The van der Waals surface area contributed by atoms with Crippen molar-refractivity contribution in [3.63, 3.8) is 0 Å². The van der Waals surface area contributed by atoms with Crippen molar-refractivity contribution in [2.45, 2.75) is 250 Å². The normalized spacial score (nSPS) is 20.3. The third kappa shape index (κ3) is 31.8. The predicted molar refractivity (Wildman–Crippen MR) is 234 cm³/mol. The van der Waals surface area contributed by atoms with Crippen LogP contribution in [0, 0.1) is 0 Å². The summed E-state index contributed by atoms with van der Waals surface area (Å²) in [6, 6.07) is 0. The molecule has 1 heterocycles. The van der Waals surface area contributed by atoms with Crippen LogP contribution >= 0.6 is 0 Å². The molecule has 0 aromatic rings. The molecule has 0 aromatic heterocycles. The van der Waals surface area contributed by atoms with Crippen LogP contribution in [0.15, 0.2) is 12.2 Å². The quantitative estimate of drug-likeness (QED) is 0.0198. The van der Waals surface area contributed by atoms with Gasteiger partial charge >= 0.3 is 11.9 Å². The van der Waals surface area contributed by atoms with Gasteiger partial charge in [-0.1, -0.05) is 174 Å². The van der Waals surface area contributed by atoms with Crippen LogP contribution in [0.4, 0.5) is 0 Å². The van der Waals surface area contributed by atoms with Crippen molar-refractivity contribution in [1.29, 1.82) is 0 Å². The lowest BCUT2D eigenvalue weighted by molar-refractivity contribution is -0.297. The van der Waals surface area contributed by atoms with Gasteiger partial charge in [-0.3, -0.25) is 14.1 Å². The number of ether oxygens (including phenoxy) is 4. The van der Waals surface area contributed by atoms with Crippen molar-refractivity contribution in [3.8, 4) is 0 Å². The topological polar surface area (TPSA) is 186 Å². The number of unbranched alkanes of at least 4 members (excludes halogenated alkanes) is 26. The van der Waals surface area contributed by atoms with Crippen LogP contribution < -0.4 is 0 Å². The van der Waals surface area contributed by atoms with Crippen LogP contribution in [0.5, 0.6) is 0 Å². The molecule has 1 rings (SSSR count). The van der Waals surface area contributed by atoms with Gasteiger partial charge in [-0.05, 0) is 38.5 Å². The summed E-state index contributed by atoms with van der Waals surface area (Å²) in [6.45, 7) is 3.75. The van der Waals surface area contributed by atoms with Gasteiger partial charge in [0.1, 0.15) is 36.8 Å². The molecular weight excluding hydrogens is 777 g/mol. The minimum absolute atomic E-state index is 0.158. The Morgan fingerprint density at radius 3 is 1.44 bits per heavy atom. The fourth-order valence-corrected chi connectivity index (χ4v) is 8.07. The molecule has 1 aliphatic heterocycles. The Balaban J connectivity index is 2.38. The first-order chi connectivity index (χ1) is 28.5. The molecule has 0 spiro atoms. The lowest BCUT2D eigenvalue weighted by atomic mass is 10.00. The van der Waals surface area contributed by atoms with E-state index in [1.54, 1.807) is 0 Å². The van der Waals surface area contributed by atoms with Crippen LogP contribution in [0.25, 0.3) is 0 Å². The Bertz CT molecular complexity index is 1150. The number of hydrogen-bond acceptors (Lipinski definition) is 11. The van der Waals surface area contributed by atoms with Crippen molar-refractivity contribution in [2.24, 2.45) is 0 Å². The van der Waals surface area contributed by atoms with Crippen molar-refractivity contribution < 1.29 is 56.8 Å². The van der Waals surface area contributed by atoms with Gasteiger partial charge in [0.25, 0.3) is 10.1 Å². The predicted octanol–water partition coefficient (Wildman–Crippen LogP) is 9.84. The number of allylic oxidation sites excluding steroid dienone is 2. The maximum Gasteiger partial charge on any atom is 0.306 e. The summed E-state index contributed by atoms with van der Waals surface area (Å²) in [4.78, 5) is 25.4. The molecule has 0 amide bonds. The minimum atomic E-state index is -4.60. The van der Waals surface area contributed by atoms with Crippen LogP contribution in [0.2, 0.25) is 0 Å². The number of aliphatic hydroxyl groups is 3. The first kappa shape index (κ1) is 55.4. The zero-order valence-corrected chi connectivity index (χ0v) is 37.9. The lowest BCUT2D eigenvalue weighted by Gasteiger charge is -2.40. The van der Waals surface area contributed by atoms with E-state index in [1.807, 2.05) is 0 Å². The van der Waals surface area contributed by atoms with Crippen molar-refractivity contribution >= 4 is 22.1 Å². The first-order valence-electron chi connectivity index (χ1n) is 23.7. The highest BCUT2D eigenvalue weighted by molar-refractivity contribution is 7.85. The van der Waals surface area contributed by atoms with Crippen LogP contribution in [-0.2, 0) is 38.7 Å². The van der Waals surface area contributed by atoms with E-state index in [0.29, 0.717) is 12.8 Å². The third-order valence-corrected chi connectivity index (χ3v) is 11.8. The number of hydrogen-bond donors (Lipinski definition) is 4. The molecule has 12 nitrogen and oxygen atoms in total. The zero-order chi connectivity index (χ0) is 43.4. The van der Waals surface area contributed by atoms with Gasteiger partial charge in [0.15, 0.2) is 12.4 Å². The van der Waals surface area contributed by atoms with E-state index >= 15 is 0 Å². The van der Waals surface area contributed by atoms with Gasteiger partial charge in [0.05, 0.1) is 6.61 Å². The maximum absolute atomic E-state index is 12.8. The minimum Gasteiger partial charge on any atom is -0.462 e. The van der Waals surface area contributed by atoms with Gasteiger partial charge in [0.2, 0.25) is 0 Å². The van der Waals surface area contributed by atoms with Crippen molar-refractivity contribution in [2.75, 3.05) is 19.0 Å². The summed E-state index contributed by atoms with van der Waals surface area (Å²) in [5, 5.41) is 30.9. The Labute approximate surface area is 358 Å². The van der Waals surface area contributed by atoms with E-state index < -0.39 is 71.2 Å². The molecule has 4 N–H and O–H groups in total. The van der Waals surface area contributed by atoms with E-state index in [-0.39, 0.29) is 19.4 Å². The maximum atomic E-state index is 12.8. The molecule has 0 bridgehead atoms. The van der Waals surface area contributed by atoms with Crippen LogP contribution in [0.3, 0.4) is 0 Å². The van der Waals surface area contributed by atoms with E-state index in [4.69, 9.17) is 18.9 Å². The van der Waals surface area contributed by atoms with Crippen LogP contribution in [0.1, 0.15) is 213 Å². The summed E-state index contributed by atoms with van der Waals surface area (Å²) in [5.41, 5.74) is 0. The largest absolute Gasteiger partial charge is 0.462 e. The van der Waals surface area contributed by atoms with Gasteiger partial charge < -0.3 is 34.3 Å². The fourth-order valence-electron chi connectivity index (χ4n) is 7.38. The molecule has 1 fully saturated rings.